The molecular weight excluding hydrogens is 467 g/mol. The fraction of sp³-hybridized carbons (Fsp3) is 0.160. The number of pyridine rings is 1. The van der Waals surface area contributed by atoms with Crippen molar-refractivity contribution >= 4 is 23.4 Å². The molecule has 0 spiro atoms. The minimum absolute atomic E-state index is 0.0811. The van der Waals surface area contributed by atoms with Gasteiger partial charge >= 0.3 is 11.8 Å². The van der Waals surface area contributed by atoms with Crippen LogP contribution in [0.2, 0.25) is 0 Å². The lowest BCUT2D eigenvalue weighted by atomic mass is 9.92. The lowest BCUT2D eigenvalue weighted by Crippen LogP contribution is -2.21. The monoisotopic (exact) mass is 490 g/mol. The molecule has 2 N–H and O–H groups in total. The van der Waals surface area contributed by atoms with Gasteiger partial charge in [-0.2, -0.15) is 5.10 Å². The number of carbonyl (C=O) groups excluding carboxylic acids is 1. The number of hydrogen-bond donors (Lipinski definition) is 2. The number of para-hydroxylation sites is 1. The van der Waals surface area contributed by atoms with Crippen LogP contribution in [0.5, 0.6) is 11.5 Å². The molecule has 2 aromatic heterocycles. The summed E-state index contributed by atoms with van der Waals surface area (Å²) in [5, 5.41) is 20.7. The molecule has 4 rings (SSSR count). The van der Waals surface area contributed by atoms with E-state index >= 15 is 0 Å². The highest BCUT2D eigenvalue weighted by Gasteiger charge is 2.22. The average molecular weight is 490 g/mol. The Morgan fingerprint density at radius 1 is 1.03 bits per heavy atom. The van der Waals surface area contributed by atoms with Crippen LogP contribution in [0.25, 0.3) is 5.69 Å². The zero-order valence-corrected chi connectivity index (χ0v) is 19.7. The molecule has 2 heterocycles. The predicted octanol–water partition coefficient (Wildman–Crippen LogP) is 6.05. The number of nitrogens with zero attached hydrogens (tertiary/aromatic N) is 4. The molecule has 2 amide bonds. The van der Waals surface area contributed by atoms with Gasteiger partial charge in [-0.3, -0.25) is 5.32 Å². The lowest BCUT2D eigenvalue weighted by Gasteiger charge is -2.14. The van der Waals surface area contributed by atoms with Crippen molar-refractivity contribution in [2.24, 2.45) is 0 Å². The quantitative estimate of drug-likeness (QED) is 0.250. The Labute approximate surface area is 205 Å². The van der Waals surface area contributed by atoms with E-state index in [0.29, 0.717) is 5.82 Å². The molecule has 0 aliphatic carbocycles. The van der Waals surface area contributed by atoms with E-state index in [1.165, 1.54) is 24.4 Å². The summed E-state index contributed by atoms with van der Waals surface area (Å²) in [6.45, 7) is 6.03. The van der Waals surface area contributed by atoms with Gasteiger partial charge in [0.2, 0.25) is 0 Å². The van der Waals surface area contributed by atoms with Gasteiger partial charge in [-0.05, 0) is 34.2 Å². The molecular formula is C25H23FN6O4. The second-order valence-electron chi connectivity index (χ2n) is 8.84. The van der Waals surface area contributed by atoms with Gasteiger partial charge in [0.25, 0.3) is 0 Å². The third-order valence-corrected chi connectivity index (χ3v) is 5.05. The van der Waals surface area contributed by atoms with Crippen molar-refractivity contribution in [2.45, 2.75) is 26.2 Å². The fourth-order valence-corrected chi connectivity index (χ4v) is 3.23. The summed E-state index contributed by atoms with van der Waals surface area (Å²) in [5.41, 5.74) is 1.19. The fourth-order valence-electron chi connectivity index (χ4n) is 3.23. The summed E-state index contributed by atoms with van der Waals surface area (Å²) in [5.74, 6) is -0.511. The third-order valence-electron chi connectivity index (χ3n) is 5.05. The minimum Gasteiger partial charge on any atom is -0.457 e. The second-order valence-corrected chi connectivity index (χ2v) is 8.84. The van der Waals surface area contributed by atoms with Crippen molar-refractivity contribution < 1.29 is 18.8 Å². The Morgan fingerprint density at radius 3 is 2.42 bits per heavy atom. The maximum Gasteiger partial charge on any atom is 0.367 e. The molecule has 0 saturated carbocycles. The topological polar surface area (TPSA) is 124 Å². The van der Waals surface area contributed by atoms with Gasteiger partial charge in [-0.25, -0.2) is 13.9 Å². The van der Waals surface area contributed by atoms with E-state index in [1.807, 2.05) is 51.1 Å². The summed E-state index contributed by atoms with van der Waals surface area (Å²) < 4.78 is 21.8. The van der Waals surface area contributed by atoms with Crippen molar-refractivity contribution in [3.05, 3.63) is 94.6 Å². The molecule has 11 heteroatoms. The SMILES string of the molecule is CC(C)(C)c1cc(NC(=O)Nc2ccc(Oc3ccnc([N+](=O)[O-])c3)cc2F)n(-c2ccccc2)n1. The van der Waals surface area contributed by atoms with Gasteiger partial charge in [-0.1, -0.05) is 39.0 Å². The molecule has 0 radical (unpaired) electrons. The highest BCUT2D eigenvalue weighted by molar-refractivity contribution is 5.99. The van der Waals surface area contributed by atoms with E-state index in [0.717, 1.165) is 23.5 Å². The predicted molar refractivity (Wildman–Crippen MR) is 132 cm³/mol. The molecule has 0 aliphatic rings. The van der Waals surface area contributed by atoms with Crippen LogP contribution in [0.1, 0.15) is 26.5 Å². The van der Waals surface area contributed by atoms with Crippen LogP contribution in [0.4, 0.5) is 26.5 Å². The molecule has 0 saturated heterocycles. The number of nitro groups is 1. The Kier molecular flexibility index (Phi) is 6.64. The van der Waals surface area contributed by atoms with E-state index < -0.39 is 22.6 Å². The van der Waals surface area contributed by atoms with Crippen molar-refractivity contribution in [1.29, 1.82) is 0 Å². The molecule has 2 aromatic carbocycles. The van der Waals surface area contributed by atoms with E-state index in [4.69, 9.17) is 4.74 Å². The first kappa shape index (κ1) is 24.3. The number of halogens is 1. The molecule has 184 valence electrons. The Hall–Kier alpha value is -4.80. The van der Waals surface area contributed by atoms with E-state index in [-0.39, 0.29) is 22.6 Å². The zero-order chi connectivity index (χ0) is 25.9. The molecule has 0 fully saturated rings. The number of anilines is 2. The van der Waals surface area contributed by atoms with Gasteiger partial charge in [0.05, 0.1) is 23.1 Å². The number of ether oxygens (including phenoxy) is 1. The van der Waals surface area contributed by atoms with E-state index in [9.17, 15) is 19.3 Å². The Bertz CT molecular complexity index is 1420. The lowest BCUT2D eigenvalue weighted by molar-refractivity contribution is -0.389. The summed E-state index contributed by atoms with van der Waals surface area (Å²) in [6, 6.07) is 16.8. The molecule has 4 aromatic rings. The van der Waals surface area contributed by atoms with Gasteiger partial charge in [0.15, 0.2) is 0 Å². The maximum atomic E-state index is 14.7. The Balaban J connectivity index is 1.50. The van der Waals surface area contributed by atoms with Gasteiger partial charge in [0, 0.05) is 23.6 Å². The number of hydrogen-bond acceptors (Lipinski definition) is 6. The van der Waals surface area contributed by atoms with Crippen LogP contribution >= 0.6 is 0 Å². The van der Waals surface area contributed by atoms with Gasteiger partial charge < -0.3 is 20.2 Å². The molecule has 0 atom stereocenters. The molecule has 36 heavy (non-hydrogen) atoms. The first-order chi connectivity index (χ1) is 17.1. The summed E-state index contributed by atoms with van der Waals surface area (Å²) in [6.07, 6.45) is 1.22. The third kappa shape index (κ3) is 5.63. The van der Waals surface area contributed by atoms with Crippen LogP contribution in [0.15, 0.2) is 72.9 Å². The first-order valence-electron chi connectivity index (χ1n) is 10.9. The second kappa shape index (κ2) is 9.82. The number of carbonyl (C=O) groups is 1. The van der Waals surface area contributed by atoms with E-state index in [2.05, 4.69) is 20.7 Å². The normalized spacial score (nSPS) is 11.1. The number of rotatable bonds is 6. The first-order valence-corrected chi connectivity index (χ1v) is 10.9. The van der Waals surface area contributed by atoms with Crippen molar-refractivity contribution in [2.75, 3.05) is 10.6 Å². The van der Waals surface area contributed by atoms with Gasteiger partial charge in [0.1, 0.15) is 29.3 Å². The molecule has 10 nitrogen and oxygen atoms in total. The largest absolute Gasteiger partial charge is 0.457 e. The standard InChI is InChI=1S/C25H23FN6O4/c1-25(2,3)21-15-23(31(30-21)16-7-5-4-6-8-16)29-24(33)28-20-10-9-17(13-19(20)26)36-18-11-12-27-22(14-18)32(34)35/h4-15H,1-3H3,(H2,28,29,33). The van der Waals surface area contributed by atoms with Crippen LogP contribution < -0.4 is 15.4 Å². The van der Waals surface area contributed by atoms with Gasteiger partial charge in [-0.15, -0.1) is 0 Å². The number of amides is 2. The molecule has 0 bridgehead atoms. The van der Waals surface area contributed by atoms with Crippen LogP contribution in [0, 0.1) is 15.9 Å². The average Bonchev–Trinajstić information content (AvgIpc) is 3.26. The van der Waals surface area contributed by atoms with Crippen molar-refractivity contribution in [3.8, 4) is 17.2 Å². The summed E-state index contributed by atoms with van der Waals surface area (Å²) in [7, 11) is 0. The summed E-state index contributed by atoms with van der Waals surface area (Å²) in [4.78, 5) is 26.5. The smallest absolute Gasteiger partial charge is 0.367 e. The number of urea groups is 1. The van der Waals surface area contributed by atoms with Crippen LogP contribution in [0.3, 0.4) is 0 Å². The number of nitrogens with one attached hydrogen (secondary N) is 2. The maximum absolute atomic E-state index is 14.7. The summed E-state index contributed by atoms with van der Waals surface area (Å²) >= 11 is 0. The molecule has 0 aliphatic heterocycles. The highest BCUT2D eigenvalue weighted by Crippen LogP contribution is 2.28. The van der Waals surface area contributed by atoms with Crippen molar-refractivity contribution in [1.82, 2.24) is 14.8 Å². The highest BCUT2D eigenvalue weighted by atomic mass is 19.1. The number of aromatic nitrogens is 3. The Morgan fingerprint density at radius 2 is 1.75 bits per heavy atom. The number of benzene rings is 2. The van der Waals surface area contributed by atoms with E-state index in [1.54, 1.807) is 10.7 Å². The molecule has 0 unspecified atom stereocenters. The minimum atomic E-state index is -0.752. The zero-order valence-electron chi connectivity index (χ0n) is 19.7. The van der Waals surface area contributed by atoms with Crippen molar-refractivity contribution in [3.63, 3.8) is 0 Å². The van der Waals surface area contributed by atoms with Crippen LogP contribution in [-0.4, -0.2) is 25.7 Å². The van der Waals surface area contributed by atoms with Crippen LogP contribution in [-0.2, 0) is 5.41 Å².